The van der Waals surface area contributed by atoms with Gasteiger partial charge >= 0.3 is 6.92 Å². The molecule has 0 fully saturated rings. The molecule has 0 bridgehead atoms. The summed E-state index contributed by atoms with van der Waals surface area (Å²) in [4.78, 5) is 0. The highest BCUT2D eigenvalue weighted by atomic mass is 35.5. The van der Waals surface area contributed by atoms with Gasteiger partial charge in [-0.2, -0.15) is 0 Å². The second kappa shape index (κ2) is 5.00. The molecule has 4 heteroatoms. The lowest BCUT2D eigenvalue weighted by Gasteiger charge is -2.33. The van der Waals surface area contributed by atoms with Crippen LogP contribution < -0.4 is 15.6 Å². The number of nitrogens with zero attached hydrogens (tertiary/aromatic N) is 1. The molecule has 0 atom stereocenters. The van der Waals surface area contributed by atoms with E-state index in [0.717, 1.165) is 27.6 Å². The fraction of sp³-hybridized carbons (Fsp3) is 0. The number of rotatable bonds is 0. The SMILES string of the molecule is Clc1cc2c3c(c1)-n1c4ccccc4c4cccc(c41)B3Oc1ccccc1-2. The monoisotopic (exact) mass is 377 g/mol. The molecule has 2 aliphatic heterocycles. The van der Waals surface area contributed by atoms with Crippen LogP contribution in [0.4, 0.5) is 0 Å². The van der Waals surface area contributed by atoms with E-state index in [9.17, 15) is 0 Å². The van der Waals surface area contributed by atoms with Crippen LogP contribution in [0.25, 0.3) is 38.6 Å². The lowest BCUT2D eigenvalue weighted by atomic mass is 9.50. The zero-order valence-electron chi connectivity index (χ0n) is 14.8. The Kier molecular flexibility index (Phi) is 2.65. The molecule has 3 heterocycles. The Morgan fingerprint density at radius 2 is 1.61 bits per heavy atom. The maximum Gasteiger partial charge on any atom is 0.431 e. The fourth-order valence-electron chi connectivity index (χ4n) is 4.99. The molecule has 0 spiro atoms. The lowest BCUT2D eigenvalue weighted by Crippen LogP contribution is -2.54. The van der Waals surface area contributed by atoms with Crippen molar-refractivity contribution >= 4 is 51.2 Å². The van der Waals surface area contributed by atoms with Gasteiger partial charge in [0, 0.05) is 32.5 Å². The molecule has 0 N–H and O–H groups in total. The molecule has 0 radical (unpaired) electrons. The number of halogens is 1. The molecule has 1 aromatic heterocycles. The topological polar surface area (TPSA) is 14.2 Å². The lowest BCUT2D eigenvalue weighted by molar-refractivity contribution is 0.590. The van der Waals surface area contributed by atoms with Gasteiger partial charge in [0.25, 0.3) is 0 Å². The Hall–Kier alpha value is -3.17. The van der Waals surface area contributed by atoms with Crippen molar-refractivity contribution in [3.63, 3.8) is 0 Å². The Balaban J connectivity index is 1.74. The summed E-state index contributed by atoms with van der Waals surface area (Å²) in [5.41, 5.74) is 8.20. The van der Waals surface area contributed by atoms with Crippen LogP contribution in [-0.4, -0.2) is 11.5 Å². The molecule has 2 nitrogen and oxygen atoms in total. The van der Waals surface area contributed by atoms with Crippen molar-refractivity contribution in [1.82, 2.24) is 4.57 Å². The molecular weight excluding hydrogens is 365 g/mol. The third-order valence-corrected chi connectivity index (χ3v) is 6.27. The van der Waals surface area contributed by atoms with Crippen molar-refractivity contribution in [3.8, 4) is 22.6 Å². The minimum atomic E-state index is -0.127. The summed E-state index contributed by atoms with van der Waals surface area (Å²) < 4.78 is 8.93. The van der Waals surface area contributed by atoms with E-state index in [-0.39, 0.29) is 6.92 Å². The van der Waals surface area contributed by atoms with Gasteiger partial charge < -0.3 is 9.22 Å². The van der Waals surface area contributed by atoms with E-state index in [0.29, 0.717) is 0 Å². The number of hydrogen-bond acceptors (Lipinski definition) is 1. The van der Waals surface area contributed by atoms with Crippen molar-refractivity contribution in [3.05, 3.63) is 83.9 Å². The second-order valence-corrected chi connectivity index (χ2v) is 7.91. The van der Waals surface area contributed by atoms with Crippen LogP contribution in [0.3, 0.4) is 0 Å². The van der Waals surface area contributed by atoms with Crippen LogP contribution >= 0.6 is 11.6 Å². The van der Waals surface area contributed by atoms with Crippen LogP contribution in [0, 0.1) is 0 Å². The predicted molar refractivity (Wildman–Crippen MR) is 117 cm³/mol. The minimum Gasteiger partial charge on any atom is -0.551 e. The van der Waals surface area contributed by atoms with Crippen molar-refractivity contribution in [1.29, 1.82) is 0 Å². The first kappa shape index (κ1) is 14.8. The van der Waals surface area contributed by atoms with E-state index < -0.39 is 0 Å². The summed E-state index contributed by atoms with van der Waals surface area (Å²) in [6.07, 6.45) is 0. The molecule has 28 heavy (non-hydrogen) atoms. The van der Waals surface area contributed by atoms with E-state index >= 15 is 0 Å². The molecule has 2 aliphatic rings. The number of benzene rings is 4. The number of hydrogen-bond donors (Lipinski definition) is 0. The van der Waals surface area contributed by atoms with Gasteiger partial charge in [-0.3, -0.25) is 0 Å². The van der Waals surface area contributed by atoms with Gasteiger partial charge in [-0.05, 0) is 35.3 Å². The molecular formula is C24H13BClNO. The first-order chi connectivity index (χ1) is 13.8. The number of para-hydroxylation sites is 3. The maximum absolute atomic E-state index is 6.62. The summed E-state index contributed by atoms with van der Waals surface area (Å²) in [7, 11) is 0. The Morgan fingerprint density at radius 1 is 0.786 bits per heavy atom. The zero-order chi connectivity index (χ0) is 18.4. The van der Waals surface area contributed by atoms with Gasteiger partial charge in [-0.1, -0.05) is 66.2 Å². The summed E-state index contributed by atoms with van der Waals surface area (Å²) in [5.74, 6) is 0.912. The highest BCUT2D eigenvalue weighted by Gasteiger charge is 2.40. The van der Waals surface area contributed by atoms with Crippen molar-refractivity contribution < 1.29 is 4.65 Å². The molecule has 0 aliphatic carbocycles. The van der Waals surface area contributed by atoms with E-state index in [2.05, 4.69) is 71.3 Å². The van der Waals surface area contributed by atoms with Gasteiger partial charge in [0.15, 0.2) is 0 Å². The van der Waals surface area contributed by atoms with Gasteiger partial charge in [0.05, 0.1) is 11.0 Å². The molecule has 7 rings (SSSR count). The third kappa shape index (κ3) is 1.67. The van der Waals surface area contributed by atoms with Crippen LogP contribution in [0.2, 0.25) is 5.02 Å². The van der Waals surface area contributed by atoms with E-state index in [1.54, 1.807) is 0 Å². The van der Waals surface area contributed by atoms with Crippen LogP contribution in [0.1, 0.15) is 0 Å². The standard InChI is InChI=1S/C24H13BClNO/c26-14-12-18-16-7-2-4-11-22(16)28-25-19-9-5-8-17-15-6-1-3-10-20(15)27(24(17)19)21(13-14)23(18)25/h1-13H. The third-order valence-electron chi connectivity index (χ3n) is 6.06. The summed E-state index contributed by atoms with van der Waals surface area (Å²) >= 11 is 6.62. The van der Waals surface area contributed by atoms with Gasteiger partial charge in [0.2, 0.25) is 0 Å². The van der Waals surface area contributed by atoms with E-state index in [1.807, 2.05) is 12.1 Å². The van der Waals surface area contributed by atoms with Gasteiger partial charge in [-0.15, -0.1) is 0 Å². The molecule has 0 amide bonds. The molecule has 5 aromatic rings. The predicted octanol–water partition coefficient (Wildman–Crippen LogP) is 4.92. The molecule has 4 aromatic carbocycles. The summed E-state index contributed by atoms with van der Waals surface area (Å²) in [5, 5.41) is 3.25. The van der Waals surface area contributed by atoms with Crippen molar-refractivity contribution in [2.24, 2.45) is 0 Å². The Morgan fingerprint density at radius 3 is 2.57 bits per heavy atom. The fourth-order valence-corrected chi connectivity index (χ4v) is 5.20. The molecule has 0 saturated heterocycles. The highest BCUT2D eigenvalue weighted by Crippen LogP contribution is 2.40. The average Bonchev–Trinajstić information content (AvgIpc) is 3.07. The maximum atomic E-state index is 6.62. The molecule has 0 saturated carbocycles. The van der Waals surface area contributed by atoms with Crippen LogP contribution in [0.15, 0.2) is 78.9 Å². The summed E-state index contributed by atoms with van der Waals surface area (Å²) in [6, 6.07) is 27.5. The van der Waals surface area contributed by atoms with Gasteiger partial charge in [0.1, 0.15) is 5.75 Å². The van der Waals surface area contributed by atoms with Crippen molar-refractivity contribution in [2.75, 3.05) is 0 Å². The Labute approximate surface area is 167 Å². The van der Waals surface area contributed by atoms with Crippen molar-refractivity contribution in [2.45, 2.75) is 0 Å². The Bertz CT molecular complexity index is 1470. The summed E-state index contributed by atoms with van der Waals surface area (Å²) in [6.45, 7) is -0.127. The molecule has 130 valence electrons. The number of aromatic nitrogens is 1. The number of fused-ring (bicyclic) bond motifs is 7. The normalized spacial score (nSPS) is 13.4. The smallest absolute Gasteiger partial charge is 0.431 e. The van der Waals surface area contributed by atoms with Crippen LogP contribution in [0.5, 0.6) is 5.75 Å². The first-order valence-corrected chi connectivity index (χ1v) is 9.81. The first-order valence-electron chi connectivity index (χ1n) is 9.43. The highest BCUT2D eigenvalue weighted by molar-refractivity contribution is 6.85. The minimum absolute atomic E-state index is 0.127. The van der Waals surface area contributed by atoms with Crippen LogP contribution in [-0.2, 0) is 0 Å². The largest absolute Gasteiger partial charge is 0.551 e. The quantitative estimate of drug-likeness (QED) is 0.350. The van der Waals surface area contributed by atoms with E-state index in [4.69, 9.17) is 16.3 Å². The average molecular weight is 378 g/mol. The second-order valence-electron chi connectivity index (χ2n) is 7.48. The zero-order valence-corrected chi connectivity index (χ0v) is 15.6. The molecule has 0 unspecified atom stereocenters. The van der Waals surface area contributed by atoms with E-state index in [1.165, 1.54) is 32.7 Å². The van der Waals surface area contributed by atoms with Gasteiger partial charge in [-0.25, -0.2) is 0 Å².